The second-order valence-corrected chi connectivity index (χ2v) is 3.98. The molecule has 0 aromatic carbocycles. The number of fused-ring (bicyclic) bond motifs is 1. The third kappa shape index (κ3) is 2.21. The van der Waals surface area contributed by atoms with Gasteiger partial charge in [-0.1, -0.05) is 0 Å². The summed E-state index contributed by atoms with van der Waals surface area (Å²) in [5, 5.41) is 0. The van der Waals surface area contributed by atoms with E-state index in [0.29, 0.717) is 36.6 Å². The zero-order chi connectivity index (χ0) is 13.1. The van der Waals surface area contributed by atoms with Crippen LogP contribution in [0.5, 0.6) is 0 Å². The first-order valence-electron chi connectivity index (χ1n) is 5.88. The highest BCUT2D eigenvalue weighted by Gasteiger charge is 2.11. The maximum absolute atomic E-state index is 11.6. The van der Waals surface area contributed by atoms with Crippen LogP contribution in [0.3, 0.4) is 0 Å². The molecule has 0 spiro atoms. The quantitative estimate of drug-likeness (QED) is 0.733. The Morgan fingerprint density at radius 3 is 2.78 bits per heavy atom. The van der Waals surface area contributed by atoms with Crippen molar-refractivity contribution in [2.24, 2.45) is 0 Å². The molecule has 7 heteroatoms. The lowest BCUT2D eigenvalue weighted by atomic mass is 10.3. The van der Waals surface area contributed by atoms with Gasteiger partial charge in [-0.3, -0.25) is 14.3 Å². The summed E-state index contributed by atoms with van der Waals surface area (Å²) in [7, 11) is 1.64. The third-order valence-corrected chi connectivity index (χ3v) is 2.76. The second kappa shape index (κ2) is 5.18. The van der Waals surface area contributed by atoms with Crippen molar-refractivity contribution in [1.29, 1.82) is 0 Å². The SMILES string of the molecule is CCn1c(=O)[nH]c(=O)c2[nH]c(CCCOC)nc21. The van der Waals surface area contributed by atoms with Crippen LogP contribution in [0.2, 0.25) is 0 Å². The number of nitrogens with one attached hydrogen (secondary N) is 2. The molecule has 18 heavy (non-hydrogen) atoms. The maximum atomic E-state index is 11.6. The molecule has 0 saturated heterocycles. The standard InChI is InChI=1S/C11H16N4O3/c1-3-15-9-8(10(16)14-11(15)17)12-7(13-9)5-4-6-18-2/h3-6H2,1-2H3,(H,12,13)(H,14,16,17). The van der Waals surface area contributed by atoms with E-state index in [4.69, 9.17) is 4.74 Å². The van der Waals surface area contributed by atoms with Gasteiger partial charge in [-0.25, -0.2) is 9.78 Å². The van der Waals surface area contributed by atoms with Crippen molar-refractivity contribution in [2.45, 2.75) is 26.3 Å². The van der Waals surface area contributed by atoms with Crippen LogP contribution in [-0.2, 0) is 17.7 Å². The summed E-state index contributed by atoms with van der Waals surface area (Å²) in [6, 6.07) is 0. The fraction of sp³-hybridized carbons (Fsp3) is 0.545. The van der Waals surface area contributed by atoms with Crippen molar-refractivity contribution >= 4 is 11.2 Å². The minimum absolute atomic E-state index is 0.351. The van der Waals surface area contributed by atoms with E-state index in [-0.39, 0.29) is 0 Å². The highest BCUT2D eigenvalue weighted by atomic mass is 16.5. The number of aryl methyl sites for hydroxylation is 2. The van der Waals surface area contributed by atoms with Gasteiger partial charge in [0.2, 0.25) is 0 Å². The average Bonchev–Trinajstić information content (AvgIpc) is 2.74. The molecule has 2 rings (SSSR count). The molecule has 0 radical (unpaired) electrons. The van der Waals surface area contributed by atoms with Crippen molar-refractivity contribution < 1.29 is 4.74 Å². The molecule has 0 bridgehead atoms. The predicted molar refractivity (Wildman–Crippen MR) is 66.8 cm³/mol. The summed E-state index contributed by atoms with van der Waals surface area (Å²) < 4.78 is 6.40. The molecule has 98 valence electrons. The molecule has 0 aliphatic rings. The molecule has 0 atom stereocenters. The summed E-state index contributed by atoms with van der Waals surface area (Å²) in [6.45, 7) is 2.93. The van der Waals surface area contributed by atoms with Crippen LogP contribution < -0.4 is 11.2 Å². The molecule has 0 saturated carbocycles. The van der Waals surface area contributed by atoms with Gasteiger partial charge in [0.1, 0.15) is 11.3 Å². The molecular formula is C11H16N4O3. The first-order valence-corrected chi connectivity index (χ1v) is 5.88. The largest absolute Gasteiger partial charge is 0.385 e. The fourth-order valence-corrected chi connectivity index (χ4v) is 1.88. The molecule has 2 N–H and O–H groups in total. The lowest BCUT2D eigenvalue weighted by Crippen LogP contribution is -2.29. The molecular weight excluding hydrogens is 236 g/mol. The Morgan fingerprint density at radius 1 is 1.33 bits per heavy atom. The van der Waals surface area contributed by atoms with Crippen LogP contribution in [0.15, 0.2) is 9.59 Å². The van der Waals surface area contributed by atoms with Crippen molar-refractivity contribution in [3.05, 3.63) is 26.7 Å². The van der Waals surface area contributed by atoms with E-state index in [1.807, 2.05) is 6.92 Å². The van der Waals surface area contributed by atoms with Crippen molar-refractivity contribution in [3.8, 4) is 0 Å². The molecule has 2 aromatic rings. The Morgan fingerprint density at radius 2 is 2.11 bits per heavy atom. The number of methoxy groups -OCH3 is 1. The summed E-state index contributed by atoms with van der Waals surface area (Å²) in [6.07, 6.45) is 1.49. The number of aromatic nitrogens is 4. The number of rotatable bonds is 5. The van der Waals surface area contributed by atoms with E-state index in [1.165, 1.54) is 4.57 Å². The van der Waals surface area contributed by atoms with E-state index in [1.54, 1.807) is 7.11 Å². The molecule has 0 aliphatic heterocycles. The topological polar surface area (TPSA) is 92.8 Å². The fourth-order valence-electron chi connectivity index (χ4n) is 1.88. The Bertz CT molecular complexity index is 652. The minimum Gasteiger partial charge on any atom is -0.385 e. The van der Waals surface area contributed by atoms with Gasteiger partial charge in [0, 0.05) is 26.7 Å². The monoisotopic (exact) mass is 252 g/mol. The molecule has 0 unspecified atom stereocenters. The van der Waals surface area contributed by atoms with Crippen LogP contribution in [-0.4, -0.2) is 33.2 Å². The lowest BCUT2D eigenvalue weighted by molar-refractivity contribution is 0.194. The van der Waals surface area contributed by atoms with Gasteiger partial charge < -0.3 is 9.72 Å². The van der Waals surface area contributed by atoms with Gasteiger partial charge in [0.15, 0.2) is 5.65 Å². The molecule has 0 fully saturated rings. The van der Waals surface area contributed by atoms with E-state index < -0.39 is 11.2 Å². The number of H-pyrrole nitrogens is 2. The van der Waals surface area contributed by atoms with Crippen LogP contribution in [0.25, 0.3) is 11.2 Å². The Kier molecular flexibility index (Phi) is 3.61. The van der Waals surface area contributed by atoms with Crippen LogP contribution in [0, 0.1) is 0 Å². The second-order valence-electron chi connectivity index (χ2n) is 3.98. The van der Waals surface area contributed by atoms with Crippen LogP contribution in [0.4, 0.5) is 0 Å². The van der Waals surface area contributed by atoms with Crippen molar-refractivity contribution in [1.82, 2.24) is 19.5 Å². The van der Waals surface area contributed by atoms with E-state index in [0.717, 1.165) is 6.42 Å². The zero-order valence-corrected chi connectivity index (χ0v) is 10.4. The number of ether oxygens (including phenoxy) is 1. The number of hydrogen-bond donors (Lipinski definition) is 2. The number of aromatic amines is 2. The zero-order valence-electron chi connectivity index (χ0n) is 10.4. The molecule has 0 aliphatic carbocycles. The Labute approximate surface area is 103 Å². The van der Waals surface area contributed by atoms with Crippen molar-refractivity contribution in [3.63, 3.8) is 0 Å². The summed E-state index contributed by atoms with van der Waals surface area (Å²) in [4.78, 5) is 32.8. The first kappa shape index (κ1) is 12.6. The van der Waals surface area contributed by atoms with Crippen molar-refractivity contribution in [2.75, 3.05) is 13.7 Å². The predicted octanol–water partition coefficient (Wildman–Crippen LogP) is 0.0118. The van der Waals surface area contributed by atoms with Gasteiger partial charge in [-0.15, -0.1) is 0 Å². The highest BCUT2D eigenvalue weighted by molar-refractivity contribution is 5.69. The molecule has 2 heterocycles. The van der Waals surface area contributed by atoms with Gasteiger partial charge in [-0.05, 0) is 13.3 Å². The van der Waals surface area contributed by atoms with Gasteiger partial charge in [0.05, 0.1) is 0 Å². The van der Waals surface area contributed by atoms with E-state index >= 15 is 0 Å². The Hall–Kier alpha value is -1.89. The maximum Gasteiger partial charge on any atom is 0.330 e. The molecule has 7 nitrogen and oxygen atoms in total. The molecule has 2 aromatic heterocycles. The van der Waals surface area contributed by atoms with Gasteiger partial charge >= 0.3 is 5.69 Å². The minimum atomic E-state index is -0.426. The van der Waals surface area contributed by atoms with Crippen LogP contribution >= 0.6 is 0 Å². The average molecular weight is 252 g/mol. The number of nitrogens with zero attached hydrogens (tertiary/aromatic N) is 2. The Balaban J connectivity index is 2.46. The lowest BCUT2D eigenvalue weighted by Gasteiger charge is -1.99. The van der Waals surface area contributed by atoms with E-state index in [9.17, 15) is 9.59 Å². The normalized spacial score (nSPS) is 11.2. The summed E-state index contributed by atoms with van der Waals surface area (Å²) in [5.41, 5.74) is -0.0855. The third-order valence-electron chi connectivity index (χ3n) is 2.76. The number of hydrogen-bond acceptors (Lipinski definition) is 4. The molecule has 0 amide bonds. The smallest absolute Gasteiger partial charge is 0.330 e. The summed E-state index contributed by atoms with van der Waals surface area (Å²) in [5.74, 6) is 0.695. The van der Waals surface area contributed by atoms with E-state index in [2.05, 4.69) is 15.0 Å². The van der Waals surface area contributed by atoms with Gasteiger partial charge in [-0.2, -0.15) is 0 Å². The van der Waals surface area contributed by atoms with Crippen LogP contribution in [0.1, 0.15) is 19.2 Å². The summed E-state index contributed by atoms with van der Waals surface area (Å²) >= 11 is 0. The first-order chi connectivity index (χ1) is 8.67. The number of imidazole rings is 1. The highest BCUT2D eigenvalue weighted by Crippen LogP contribution is 2.06. The van der Waals surface area contributed by atoms with Gasteiger partial charge in [0.25, 0.3) is 5.56 Å².